The summed E-state index contributed by atoms with van der Waals surface area (Å²) in [4.78, 5) is 10.6. The molecule has 0 aliphatic heterocycles. The number of unbranched alkanes of at least 4 members (excludes halogenated alkanes) is 14. The standard InChI is InChI=1S/C18H37NO.C3H9N.CH4O4S/c1-2-3-4-5-6-7-8-9-10-11-12-13-14-15-16-17-18(19)20;1-3-4-2;1-5-6(2,3)4/h2-17H2,1H3,(H2,19,20);4H,3H2,1-2H3;1H3,(H,2,3,4). The fourth-order valence-electron chi connectivity index (χ4n) is 2.67. The molecular weight excluding hydrogens is 404 g/mol. The van der Waals surface area contributed by atoms with Crippen molar-refractivity contribution in [2.45, 2.75) is 117 Å². The van der Waals surface area contributed by atoms with E-state index in [0.29, 0.717) is 6.42 Å². The Morgan fingerprint density at radius 3 is 1.27 bits per heavy atom. The van der Waals surface area contributed by atoms with E-state index in [1.807, 2.05) is 7.05 Å². The lowest BCUT2D eigenvalue weighted by atomic mass is 10.0. The number of carbonyl (C=O) groups excluding carboxylic acids is 1. The minimum Gasteiger partial charge on any atom is -0.370 e. The Morgan fingerprint density at radius 1 is 0.800 bits per heavy atom. The summed E-state index contributed by atoms with van der Waals surface area (Å²) in [5.74, 6) is -0.153. The fraction of sp³-hybridized carbons (Fsp3) is 0.955. The zero-order valence-corrected chi connectivity index (χ0v) is 20.9. The van der Waals surface area contributed by atoms with Gasteiger partial charge in [0.05, 0.1) is 7.11 Å². The lowest BCUT2D eigenvalue weighted by Crippen LogP contribution is -2.09. The summed E-state index contributed by atoms with van der Waals surface area (Å²) in [5.41, 5.74) is 5.11. The maximum Gasteiger partial charge on any atom is 0.397 e. The largest absolute Gasteiger partial charge is 0.397 e. The molecule has 0 saturated carbocycles. The normalized spacial score (nSPS) is 10.6. The Hall–Kier alpha value is -0.700. The highest BCUT2D eigenvalue weighted by molar-refractivity contribution is 7.80. The monoisotopic (exact) mass is 454 g/mol. The average Bonchev–Trinajstić information content (AvgIpc) is 2.70. The number of nitrogens with two attached hydrogens (primary N) is 1. The second kappa shape index (κ2) is 28.3. The Labute approximate surface area is 186 Å². The van der Waals surface area contributed by atoms with Crippen LogP contribution in [-0.2, 0) is 19.4 Å². The van der Waals surface area contributed by atoms with Crippen LogP contribution in [0.3, 0.4) is 0 Å². The van der Waals surface area contributed by atoms with Crippen molar-refractivity contribution < 1.29 is 21.9 Å². The molecular formula is C22H50N2O5S. The third kappa shape index (κ3) is 45.8. The van der Waals surface area contributed by atoms with Gasteiger partial charge in [-0.25, -0.2) is 0 Å². The van der Waals surface area contributed by atoms with Gasteiger partial charge in [-0.15, -0.1) is 0 Å². The molecule has 184 valence electrons. The van der Waals surface area contributed by atoms with Gasteiger partial charge in [-0.1, -0.05) is 104 Å². The van der Waals surface area contributed by atoms with Gasteiger partial charge in [0.15, 0.2) is 0 Å². The molecule has 0 unspecified atom stereocenters. The molecule has 0 fully saturated rings. The molecule has 0 aromatic carbocycles. The van der Waals surface area contributed by atoms with Crippen LogP contribution in [0.2, 0.25) is 0 Å². The maximum atomic E-state index is 10.6. The van der Waals surface area contributed by atoms with Crippen molar-refractivity contribution >= 4 is 16.3 Å². The number of primary amides is 1. The first kappa shape index (κ1) is 33.9. The second-order valence-corrected chi connectivity index (χ2v) is 8.66. The van der Waals surface area contributed by atoms with E-state index in [1.165, 1.54) is 89.9 Å². The van der Waals surface area contributed by atoms with E-state index in [4.69, 9.17) is 10.3 Å². The summed E-state index contributed by atoms with van der Waals surface area (Å²) in [6.45, 7) is 5.41. The zero-order chi connectivity index (χ0) is 23.5. The Balaban J connectivity index is -0.000000600. The van der Waals surface area contributed by atoms with E-state index in [1.54, 1.807) is 0 Å². The topological polar surface area (TPSA) is 119 Å². The van der Waals surface area contributed by atoms with Gasteiger partial charge >= 0.3 is 10.4 Å². The molecule has 0 aliphatic rings. The molecule has 0 spiro atoms. The number of nitrogens with one attached hydrogen (secondary N) is 1. The quantitative estimate of drug-likeness (QED) is 0.189. The molecule has 0 atom stereocenters. The minimum absolute atomic E-state index is 0.153. The van der Waals surface area contributed by atoms with Gasteiger partial charge in [-0.2, -0.15) is 8.42 Å². The van der Waals surface area contributed by atoms with Crippen molar-refractivity contribution in [2.75, 3.05) is 20.7 Å². The summed E-state index contributed by atoms with van der Waals surface area (Å²) >= 11 is 0. The smallest absolute Gasteiger partial charge is 0.370 e. The van der Waals surface area contributed by atoms with Crippen LogP contribution < -0.4 is 11.1 Å². The van der Waals surface area contributed by atoms with Crippen molar-refractivity contribution in [3.63, 3.8) is 0 Å². The van der Waals surface area contributed by atoms with Crippen LogP contribution in [-0.4, -0.2) is 39.6 Å². The highest BCUT2D eigenvalue weighted by Crippen LogP contribution is 2.13. The zero-order valence-electron chi connectivity index (χ0n) is 20.1. The first-order valence-corrected chi connectivity index (χ1v) is 13.1. The van der Waals surface area contributed by atoms with Gasteiger partial charge in [-0.05, 0) is 20.0 Å². The third-order valence-corrected chi connectivity index (χ3v) is 5.01. The van der Waals surface area contributed by atoms with Gasteiger partial charge in [-0.3, -0.25) is 13.5 Å². The molecule has 0 saturated heterocycles. The van der Waals surface area contributed by atoms with Gasteiger partial charge in [0.25, 0.3) is 0 Å². The molecule has 0 bridgehead atoms. The molecule has 0 heterocycles. The second-order valence-electron chi connectivity index (χ2n) is 7.47. The maximum absolute atomic E-state index is 10.6. The first-order chi connectivity index (χ1) is 14.2. The van der Waals surface area contributed by atoms with E-state index in [2.05, 4.69) is 23.3 Å². The van der Waals surface area contributed by atoms with E-state index in [0.717, 1.165) is 20.1 Å². The van der Waals surface area contributed by atoms with Gasteiger partial charge in [0.1, 0.15) is 0 Å². The van der Waals surface area contributed by atoms with Crippen LogP contribution >= 0.6 is 0 Å². The van der Waals surface area contributed by atoms with Crippen LogP contribution in [0.15, 0.2) is 0 Å². The van der Waals surface area contributed by atoms with Crippen molar-refractivity contribution in [1.29, 1.82) is 0 Å². The number of rotatable bonds is 18. The Kier molecular flexibility index (Phi) is 32.0. The first-order valence-electron chi connectivity index (χ1n) is 11.7. The Bertz CT molecular complexity index is 429. The van der Waals surface area contributed by atoms with Crippen LogP contribution in [0, 0.1) is 0 Å². The number of carbonyl (C=O) groups is 1. The SMILES string of the molecule is CCCCCCCCCCCCCCCCCC(N)=O.CCNC.COS(=O)(=O)O. The fourth-order valence-corrected chi connectivity index (χ4v) is 2.67. The lowest BCUT2D eigenvalue weighted by molar-refractivity contribution is -0.118. The number of hydrogen-bond acceptors (Lipinski definition) is 5. The van der Waals surface area contributed by atoms with E-state index < -0.39 is 10.4 Å². The van der Waals surface area contributed by atoms with Crippen molar-refractivity contribution in [3.8, 4) is 0 Å². The van der Waals surface area contributed by atoms with Crippen LogP contribution in [0.25, 0.3) is 0 Å². The number of amides is 1. The van der Waals surface area contributed by atoms with Gasteiger partial charge in [0, 0.05) is 6.42 Å². The average molecular weight is 455 g/mol. The summed E-state index contributed by atoms with van der Waals surface area (Å²) in [7, 11) is -1.36. The van der Waals surface area contributed by atoms with Crippen LogP contribution in [0.4, 0.5) is 0 Å². The molecule has 0 rings (SSSR count). The summed E-state index contributed by atoms with van der Waals surface area (Å²) in [6.07, 6.45) is 20.9. The third-order valence-electron chi connectivity index (χ3n) is 4.59. The summed E-state index contributed by atoms with van der Waals surface area (Å²) in [5, 5.41) is 2.93. The Morgan fingerprint density at radius 2 is 1.07 bits per heavy atom. The molecule has 7 nitrogen and oxygen atoms in total. The van der Waals surface area contributed by atoms with E-state index in [9.17, 15) is 13.2 Å². The summed E-state index contributed by atoms with van der Waals surface area (Å²) < 4.78 is 29.7. The molecule has 0 aliphatic carbocycles. The predicted octanol–water partition coefficient (Wildman–Crippen LogP) is 5.39. The van der Waals surface area contributed by atoms with E-state index in [-0.39, 0.29) is 5.91 Å². The predicted molar refractivity (Wildman–Crippen MR) is 127 cm³/mol. The molecule has 1 amide bonds. The summed E-state index contributed by atoms with van der Waals surface area (Å²) in [6, 6.07) is 0. The van der Waals surface area contributed by atoms with E-state index >= 15 is 0 Å². The van der Waals surface area contributed by atoms with Gasteiger partial charge < -0.3 is 11.1 Å². The van der Waals surface area contributed by atoms with Gasteiger partial charge in [0.2, 0.25) is 5.91 Å². The van der Waals surface area contributed by atoms with Crippen LogP contribution in [0.5, 0.6) is 0 Å². The lowest BCUT2D eigenvalue weighted by Gasteiger charge is -2.03. The van der Waals surface area contributed by atoms with Crippen molar-refractivity contribution in [2.24, 2.45) is 5.73 Å². The molecule has 30 heavy (non-hydrogen) atoms. The van der Waals surface area contributed by atoms with Crippen molar-refractivity contribution in [1.82, 2.24) is 5.32 Å². The molecule has 0 aromatic rings. The molecule has 0 radical (unpaired) electrons. The minimum atomic E-state index is -4.16. The molecule has 8 heteroatoms. The highest BCUT2D eigenvalue weighted by Gasteiger charge is 1.96. The highest BCUT2D eigenvalue weighted by atomic mass is 32.3. The van der Waals surface area contributed by atoms with Crippen molar-refractivity contribution in [3.05, 3.63) is 0 Å². The number of hydrogen-bond donors (Lipinski definition) is 3. The van der Waals surface area contributed by atoms with Crippen LogP contribution in [0.1, 0.15) is 117 Å². The molecule has 4 N–H and O–H groups in total. The molecule has 0 aromatic heterocycles.